The van der Waals surface area contributed by atoms with Crippen LogP contribution < -0.4 is 5.32 Å². The molecular formula is C19H20BrN3O4. The van der Waals surface area contributed by atoms with Gasteiger partial charge in [0.2, 0.25) is 5.91 Å². The van der Waals surface area contributed by atoms with Crippen molar-refractivity contribution in [2.75, 3.05) is 31.6 Å². The molecule has 0 spiro atoms. The summed E-state index contributed by atoms with van der Waals surface area (Å²) in [4.78, 5) is 24.8. The van der Waals surface area contributed by atoms with Crippen LogP contribution in [0, 0.1) is 17.0 Å². The van der Waals surface area contributed by atoms with Gasteiger partial charge in [0.05, 0.1) is 24.2 Å². The van der Waals surface area contributed by atoms with Gasteiger partial charge in [0.1, 0.15) is 0 Å². The SMILES string of the molecule is Cc1cc([N+](=O)[O-])ccc1NC(=O)CN1CCOC(c2cccc(Br)c2)C1. The van der Waals surface area contributed by atoms with Gasteiger partial charge in [-0.2, -0.15) is 0 Å². The van der Waals surface area contributed by atoms with Crippen molar-refractivity contribution >= 4 is 33.2 Å². The Balaban J connectivity index is 1.60. The van der Waals surface area contributed by atoms with Crippen LogP contribution in [0.15, 0.2) is 46.9 Å². The molecule has 0 radical (unpaired) electrons. The quantitative estimate of drug-likeness (QED) is 0.574. The molecule has 1 N–H and O–H groups in total. The molecule has 0 aromatic heterocycles. The van der Waals surface area contributed by atoms with Crippen LogP contribution in [0.1, 0.15) is 17.2 Å². The summed E-state index contributed by atoms with van der Waals surface area (Å²) in [5.41, 5.74) is 2.32. The van der Waals surface area contributed by atoms with E-state index in [1.807, 2.05) is 29.2 Å². The van der Waals surface area contributed by atoms with E-state index in [0.717, 1.165) is 10.0 Å². The lowest BCUT2D eigenvalue weighted by Crippen LogP contribution is -2.42. The average molecular weight is 434 g/mol. The fourth-order valence-corrected chi connectivity index (χ4v) is 3.47. The van der Waals surface area contributed by atoms with Crippen molar-refractivity contribution in [2.24, 2.45) is 0 Å². The Bertz CT molecular complexity index is 859. The number of nitrogens with one attached hydrogen (secondary N) is 1. The maximum absolute atomic E-state index is 12.4. The van der Waals surface area contributed by atoms with Crippen molar-refractivity contribution < 1.29 is 14.5 Å². The fourth-order valence-electron chi connectivity index (χ4n) is 3.05. The van der Waals surface area contributed by atoms with Crippen molar-refractivity contribution in [1.82, 2.24) is 4.90 Å². The minimum absolute atomic E-state index is 0.00976. The molecule has 2 aromatic rings. The fraction of sp³-hybridized carbons (Fsp3) is 0.316. The van der Waals surface area contributed by atoms with Gasteiger partial charge in [-0.15, -0.1) is 0 Å². The Labute approximate surface area is 165 Å². The first kappa shape index (κ1) is 19.5. The Kier molecular flexibility index (Phi) is 6.20. The number of halogens is 1. The van der Waals surface area contributed by atoms with Gasteiger partial charge in [-0.3, -0.25) is 19.8 Å². The van der Waals surface area contributed by atoms with Crippen LogP contribution in [-0.2, 0) is 9.53 Å². The van der Waals surface area contributed by atoms with Crippen LogP contribution >= 0.6 is 15.9 Å². The first-order valence-corrected chi connectivity index (χ1v) is 9.36. The number of rotatable bonds is 5. The van der Waals surface area contributed by atoms with E-state index in [1.165, 1.54) is 12.1 Å². The highest BCUT2D eigenvalue weighted by molar-refractivity contribution is 9.10. The van der Waals surface area contributed by atoms with Crippen molar-refractivity contribution in [2.45, 2.75) is 13.0 Å². The lowest BCUT2D eigenvalue weighted by Gasteiger charge is -2.32. The monoisotopic (exact) mass is 433 g/mol. The second kappa shape index (κ2) is 8.60. The van der Waals surface area contributed by atoms with Crippen molar-refractivity contribution in [3.05, 3.63) is 68.2 Å². The molecule has 8 heteroatoms. The number of carbonyl (C=O) groups is 1. The normalized spacial score (nSPS) is 17.5. The Morgan fingerprint density at radius 3 is 2.89 bits per heavy atom. The van der Waals surface area contributed by atoms with Crippen LogP contribution in [-0.4, -0.2) is 42.0 Å². The molecule has 2 aromatic carbocycles. The van der Waals surface area contributed by atoms with Gasteiger partial charge in [-0.1, -0.05) is 28.1 Å². The molecule has 1 heterocycles. The molecule has 7 nitrogen and oxygen atoms in total. The van der Waals surface area contributed by atoms with Crippen LogP contribution in [0.2, 0.25) is 0 Å². The van der Waals surface area contributed by atoms with E-state index in [9.17, 15) is 14.9 Å². The predicted octanol–water partition coefficient (Wildman–Crippen LogP) is 3.68. The average Bonchev–Trinajstić information content (AvgIpc) is 2.63. The number of nitro benzene ring substituents is 1. The molecule has 3 rings (SSSR count). The van der Waals surface area contributed by atoms with Crippen LogP contribution in [0.5, 0.6) is 0 Å². The highest BCUT2D eigenvalue weighted by Crippen LogP contribution is 2.25. The van der Waals surface area contributed by atoms with E-state index < -0.39 is 4.92 Å². The van der Waals surface area contributed by atoms with Crippen molar-refractivity contribution in [3.8, 4) is 0 Å². The molecule has 1 atom stereocenters. The molecule has 1 aliphatic rings. The number of hydrogen-bond acceptors (Lipinski definition) is 5. The van der Waals surface area contributed by atoms with Gasteiger partial charge in [0, 0.05) is 35.4 Å². The Morgan fingerprint density at radius 1 is 1.37 bits per heavy atom. The summed E-state index contributed by atoms with van der Waals surface area (Å²) >= 11 is 3.47. The molecule has 1 saturated heterocycles. The second-order valence-corrected chi connectivity index (χ2v) is 7.37. The number of nitro groups is 1. The minimum Gasteiger partial charge on any atom is -0.371 e. The predicted molar refractivity (Wildman–Crippen MR) is 106 cm³/mol. The number of hydrogen-bond donors (Lipinski definition) is 1. The molecule has 1 aliphatic heterocycles. The van der Waals surface area contributed by atoms with E-state index in [-0.39, 0.29) is 24.2 Å². The molecular weight excluding hydrogens is 414 g/mol. The zero-order valence-electron chi connectivity index (χ0n) is 14.9. The zero-order valence-corrected chi connectivity index (χ0v) is 16.4. The van der Waals surface area contributed by atoms with Crippen molar-refractivity contribution in [3.63, 3.8) is 0 Å². The Hall–Kier alpha value is -2.29. The maximum Gasteiger partial charge on any atom is 0.269 e. The standard InChI is InChI=1S/C19H20BrN3O4/c1-13-9-16(23(25)26)5-6-17(13)21-19(24)12-22-7-8-27-18(11-22)14-3-2-4-15(20)10-14/h2-6,9-10,18H,7-8,11-12H2,1H3,(H,21,24). The summed E-state index contributed by atoms with van der Waals surface area (Å²) in [6, 6.07) is 12.4. The molecule has 0 saturated carbocycles. The van der Waals surface area contributed by atoms with Crippen molar-refractivity contribution in [1.29, 1.82) is 0 Å². The molecule has 1 amide bonds. The first-order chi connectivity index (χ1) is 12.9. The number of nitrogens with zero attached hydrogens (tertiary/aromatic N) is 2. The van der Waals surface area contributed by atoms with Crippen LogP contribution in [0.3, 0.4) is 0 Å². The smallest absolute Gasteiger partial charge is 0.269 e. The van der Waals surface area contributed by atoms with E-state index in [1.54, 1.807) is 13.0 Å². The summed E-state index contributed by atoms with van der Waals surface area (Å²) in [5.74, 6) is -0.151. The number of aryl methyl sites for hydroxylation is 1. The van der Waals surface area contributed by atoms with Gasteiger partial charge in [0.25, 0.3) is 5.69 Å². The van der Waals surface area contributed by atoms with E-state index in [4.69, 9.17) is 4.74 Å². The molecule has 1 fully saturated rings. The number of carbonyl (C=O) groups excluding carboxylic acids is 1. The van der Waals surface area contributed by atoms with Gasteiger partial charge in [0.15, 0.2) is 0 Å². The molecule has 27 heavy (non-hydrogen) atoms. The third-order valence-electron chi connectivity index (χ3n) is 4.43. The number of benzene rings is 2. The summed E-state index contributed by atoms with van der Waals surface area (Å²) < 4.78 is 6.84. The maximum atomic E-state index is 12.4. The third-order valence-corrected chi connectivity index (χ3v) is 4.93. The van der Waals surface area contributed by atoms with E-state index >= 15 is 0 Å². The second-order valence-electron chi connectivity index (χ2n) is 6.45. The zero-order chi connectivity index (χ0) is 19.4. The minimum atomic E-state index is -0.450. The number of ether oxygens (including phenoxy) is 1. The Morgan fingerprint density at radius 2 is 2.19 bits per heavy atom. The molecule has 1 unspecified atom stereocenters. The molecule has 0 bridgehead atoms. The molecule has 0 aliphatic carbocycles. The highest BCUT2D eigenvalue weighted by atomic mass is 79.9. The van der Waals surface area contributed by atoms with Gasteiger partial charge in [-0.05, 0) is 36.2 Å². The number of amides is 1. The van der Waals surface area contributed by atoms with Gasteiger partial charge < -0.3 is 10.1 Å². The lowest BCUT2D eigenvalue weighted by molar-refractivity contribution is -0.384. The summed E-state index contributed by atoms with van der Waals surface area (Å²) in [6.45, 7) is 3.84. The van der Waals surface area contributed by atoms with Gasteiger partial charge >= 0.3 is 0 Å². The van der Waals surface area contributed by atoms with Gasteiger partial charge in [-0.25, -0.2) is 0 Å². The largest absolute Gasteiger partial charge is 0.371 e. The lowest BCUT2D eigenvalue weighted by atomic mass is 10.1. The highest BCUT2D eigenvalue weighted by Gasteiger charge is 2.24. The number of anilines is 1. The van der Waals surface area contributed by atoms with E-state index in [2.05, 4.69) is 21.2 Å². The van der Waals surface area contributed by atoms with E-state index in [0.29, 0.717) is 30.9 Å². The molecule has 142 valence electrons. The number of non-ortho nitro benzene ring substituents is 1. The third kappa shape index (κ3) is 5.12. The number of morpholine rings is 1. The van der Waals surface area contributed by atoms with Crippen LogP contribution in [0.4, 0.5) is 11.4 Å². The van der Waals surface area contributed by atoms with Crippen LogP contribution in [0.25, 0.3) is 0 Å². The summed E-state index contributed by atoms with van der Waals surface area (Å²) in [5, 5.41) is 13.7. The summed E-state index contributed by atoms with van der Waals surface area (Å²) in [7, 11) is 0. The topological polar surface area (TPSA) is 84.7 Å². The summed E-state index contributed by atoms with van der Waals surface area (Å²) in [6.07, 6.45) is -0.0786. The first-order valence-electron chi connectivity index (χ1n) is 8.56.